The van der Waals surface area contributed by atoms with Gasteiger partial charge in [0.1, 0.15) is 11.6 Å². The maximum atomic E-state index is 13.7. The zero-order valence-corrected chi connectivity index (χ0v) is 20.0. The molecule has 36 heavy (non-hydrogen) atoms. The molecule has 0 saturated carbocycles. The van der Waals surface area contributed by atoms with Gasteiger partial charge in [0.15, 0.2) is 5.52 Å². The summed E-state index contributed by atoms with van der Waals surface area (Å²) >= 11 is 12.0. The van der Waals surface area contributed by atoms with Crippen LogP contribution in [-0.2, 0) is 0 Å². The highest BCUT2D eigenvalue weighted by atomic mass is 35.5. The highest BCUT2D eigenvalue weighted by Crippen LogP contribution is 2.24. The number of benzene rings is 3. The van der Waals surface area contributed by atoms with Gasteiger partial charge in [0.25, 0.3) is 11.1 Å². The summed E-state index contributed by atoms with van der Waals surface area (Å²) in [5.41, 5.74) is 0.647. The minimum Gasteiger partial charge on any atom is -0.266 e. The van der Waals surface area contributed by atoms with Gasteiger partial charge in [0, 0.05) is 21.0 Å². The smallest absolute Gasteiger partial charge is 0.266 e. The number of nitrogens with zero attached hydrogens (tertiary/aromatic N) is 5. The summed E-state index contributed by atoms with van der Waals surface area (Å²) in [6.07, 6.45) is 1.52. The molecule has 0 amide bonds. The standard InChI is InChI=1S/C27H15Cl2N5O2/c28-19-10-6-17(7-11-19)16-31-34-24(18-8-12-20(29)13-9-18)14-22-23(15-30)26(35)33(32-25(22)27(34)36)21-4-2-1-3-5-21/h1-14,16H/b31-16-. The van der Waals surface area contributed by atoms with E-state index in [1.807, 2.05) is 6.07 Å². The Bertz CT molecular complexity index is 1780. The van der Waals surface area contributed by atoms with Crippen molar-refractivity contribution in [1.82, 2.24) is 14.5 Å². The number of halogens is 2. The first-order chi connectivity index (χ1) is 17.5. The zero-order chi connectivity index (χ0) is 25.2. The molecule has 0 atom stereocenters. The van der Waals surface area contributed by atoms with Crippen molar-refractivity contribution >= 4 is 40.3 Å². The molecule has 0 saturated heterocycles. The lowest BCUT2D eigenvalue weighted by Gasteiger charge is -2.13. The van der Waals surface area contributed by atoms with Gasteiger partial charge in [-0.25, -0.2) is 0 Å². The monoisotopic (exact) mass is 511 g/mol. The lowest BCUT2D eigenvalue weighted by atomic mass is 10.1. The van der Waals surface area contributed by atoms with E-state index in [2.05, 4.69) is 10.2 Å². The Balaban J connectivity index is 1.83. The largest absolute Gasteiger partial charge is 0.299 e. The number of nitriles is 1. The maximum absolute atomic E-state index is 13.7. The molecule has 0 unspecified atom stereocenters. The second-order valence-electron chi connectivity index (χ2n) is 7.75. The van der Waals surface area contributed by atoms with Gasteiger partial charge in [-0.05, 0) is 48.0 Å². The number of hydrogen-bond donors (Lipinski definition) is 0. The van der Waals surface area contributed by atoms with Gasteiger partial charge in [-0.2, -0.15) is 24.8 Å². The highest BCUT2D eigenvalue weighted by molar-refractivity contribution is 6.30. The molecule has 5 aromatic rings. The fraction of sp³-hybridized carbons (Fsp3) is 0. The highest BCUT2D eigenvalue weighted by Gasteiger charge is 2.19. The Kier molecular flexibility index (Phi) is 6.21. The molecule has 5 rings (SSSR count). The third-order valence-electron chi connectivity index (χ3n) is 5.48. The Morgan fingerprint density at radius 1 is 0.861 bits per heavy atom. The van der Waals surface area contributed by atoms with E-state index < -0.39 is 11.1 Å². The maximum Gasteiger partial charge on any atom is 0.299 e. The van der Waals surface area contributed by atoms with E-state index in [0.717, 1.165) is 4.68 Å². The van der Waals surface area contributed by atoms with Crippen molar-refractivity contribution in [2.45, 2.75) is 0 Å². The summed E-state index contributed by atoms with van der Waals surface area (Å²) in [4.78, 5) is 26.9. The predicted molar refractivity (Wildman–Crippen MR) is 141 cm³/mol. The average molecular weight is 512 g/mol. The van der Waals surface area contributed by atoms with Crippen molar-refractivity contribution in [1.29, 1.82) is 5.26 Å². The van der Waals surface area contributed by atoms with Gasteiger partial charge in [-0.1, -0.05) is 65.7 Å². The molecule has 2 heterocycles. The van der Waals surface area contributed by atoms with E-state index in [0.29, 0.717) is 32.6 Å². The summed E-state index contributed by atoms with van der Waals surface area (Å²) in [5, 5.41) is 19.9. The van der Waals surface area contributed by atoms with Crippen molar-refractivity contribution in [3.05, 3.63) is 127 Å². The lowest BCUT2D eigenvalue weighted by Crippen LogP contribution is -2.28. The van der Waals surface area contributed by atoms with E-state index >= 15 is 0 Å². The van der Waals surface area contributed by atoms with Gasteiger partial charge in [0.05, 0.1) is 17.6 Å². The number of fused-ring (bicyclic) bond motifs is 1. The van der Waals surface area contributed by atoms with Gasteiger partial charge < -0.3 is 0 Å². The molecule has 9 heteroatoms. The molecule has 0 radical (unpaired) electrons. The molecule has 7 nitrogen and oxygen atoms in total. The van der Waals surface area contributed by atoms with Gasteiger partial charge >= 0.3 is 0 Å². The number of para-hydroxylation sites is 1. The minimum absolute atomic E-state index is 0.0685. The third kappa shape index (κ3) is 4.31. The predicted octanol–water partition coefficient (Wildman–Crippen LogP) is 5.28. The van der Waals surface area contributed by atoms with Crippen LogP contribution in [0.2, 0.25) is 10.0 Å². The summed E-state index contributed by atoms with van der Waals surface area (Å²) < 4.78 is 2.24. The SMILES string of the molecule is N#Cc1c(=O)n(-c2ccccc2)nc2c(=O)n(/N=C\c3ccc(Cl)cc3)c(-c3ccc(Cl)cc3)cc12. The zero-order valence-electron chi connectivity index (χ0n) is 18.5. The molecule has 174 valence electrons. The van der Waals surface area contributed by atoms with Crippen LogP contribution in [0.5, 0.6) is 0 Å². The van der Waals surface area contributed by atoms with E-state index in [1.165, 1.54) is 10.9 Å². The molecular formula is C27H15Cl2N5O2. The Morgan fingerprint density at radius 2 is 1.50 bits per heavy atom. The molecule has 0 N–H and O–H groups in total. The molecule has 0 aliphatic carbocycles. The summed E-state index contributed by atoms with van der Waals surface area (Å²) in [7, 11) is 0. The number of rotatable bonds is 4. The van der Waals surface area contributed by atoms with Crippen LogP contribution < -0.4 is 11.1 Å². The lowest BCUT2D eigenvalue weighted by molar-refractivity contribution is 0.802. The van der Waals surface area contributed by atoms with Crippen molar-refractivity contribution in [3.63, 3.8) is 0 Å². The average Bonchev–Trinajstić information content (AvgIpc) is 2.90. The number of pyridine rings is 1. The first kappa shape index (κ1) is 23.2. The normalized spacial score (nSPS) is 11.1. The minimum atomic E-state index is -0.625. The number of hydrogen-bond acceptors (Lipinski definition) is 5. The summed E-state index contributed by atoms with van der Waals surface area (Å²) in [6.45, 7) is 0. The van der Waals surface area contributed by atoms with Crippen molar-refractivity contribution in [2.24, 2.45) is 5.10 Å². The van der Waals surface area contributed by atoms with E-state index in [1.54, 1.807) is 84.9 Å². The molecule has 3 aromatic carbocycles. The van der Waals surface area contributed by atoms with Crippen LogP contribution in [-0.4, -0.2) is 20.7 Å². The van der Waals surface area contributed by atoms with Crippen molar-refractivity contribution < 1.29 is 0 Å². The van der Waals surface area contributed by atoms with Crippen LogP contribution in [0.3, 0.4) is 0 Å². The molecule has 0 aliphatic rings. The van der Waals surface area contributed by atoms with E-state index in [-0.39, 0.29) is 16.5 Å². The molecule has 0 aliphatic heterocycles. The fourth-order valence-electron chi connectivity index (χ4n) is 3.71. The Morgan fingerprint density at radius 3 is 2.14 bits per heavy atom. The van der Waals surface area contributed by atoms with Crippen LogP contribution in [0.25, 0.3) is 27.8 Å². The second kappa shape index (κ2) is 9.62. The van der Waals surface area contributed by atoms with Crippen LogP contribution in [0, 0.1) is 11.3 Å². The summed E-state index contributed by atoms with van der Waals surface area (Å²) in [6, 6.07) is 25.9. The first-order valence-electron chi connectivity index (χ1n) is 10.7. The first-order valence-corrected chi connectivity index (χ1v) is 11.5. The summed E-state index contributed by atoms with van der Waals surface area (Å²) in [5.74, 6) is 0. The fourth-order valence-corrected chi connectivity index (χ4v) is 3.96. The topological polar surface area (TPSA) is 93.0 Å². The van der Waals surface area contributed by atoms with Crippen LogP contribution >= 0.6 is 23.2 Å². The third-order valence-corrected chi connectivity index (χ3v) is 5.98. The van der Waals surface area contributed by atoms with Crippen LogP contribution in [0.15, 0.2) is 99.6 Å². The van der Waals surface area contributed by atoms with Gasteiger partial charge in [-0.3, -0.25) is 9.59 Å². The quantitative estimate of drug-likeness (QED) is 0.307. The van der Waals surface area contributed by atoms with Gasteiger partial charge in [-0.15, -0.1) is 0 Å². The van der Waals surface area contributed by atoms with Crippen LogP contribution in [0.4, 0.5) is 0 Å². The van der Waals surface area contributed by atoms with Crippen molar-refractivity contribution in [3.8, 4) is 23.0 Å². The second-order valence-corrected chi connectivity index (χ2v) is 8.62. The molecule has 0 spiro atoms. The van der Waals surface area contributed by atoms with Crippen LogP contribution in [0.1, 0.15) is 11.1 Å². The Hall–Kier alpha value is -4.51. The van der Waals surface area contributed by atoms with E-state index in [9.17, 15) is 14.9 Å². The molecular weight excluding hydrogens is 497 g/mol. The van der Waals surface area contributed by atoms with Crippen molar-refractivity contribution in [2.75, 3.05) is 0 Å². The molecule has 0 bridgehead atoms. The Labute approximate surface area is 214 Å². The number of aromatic nitrogens is 3. The van der Waals surface area contributed by atoms with E-state index in [4.69, 9.17) is 23.2 Å². The van der Waals surface area contributed by atoms with Gasteiger partial charge in [0.2, 0.25) is 0 Å². The molecule has 0 fully saturated rings. The molecule has 2 aromatic heterocycles.